The minimum atomic E-state index is -0.349. The first-order valence-electron chi connectivity index (χ1n) is 7.87. The molecule has 1 amide bonds. The fraction of sp³-hybridized carbons (Fsp3) is 0.235. The van der Waals surface area contributed by atoms with Gasteiger partial charge in [-0.2, -0.15) is 5.10 Å². The molecule has 2 aromatic heterocycles. The molecule has 3 aromatic rings. The van der Waals surface area contributed by atoms with Crippen LogP contribution in [0.25, 0.3) is 0 Å². The lowest BCUT2D eigenvalue weighted by atomic mass is 10.2. The van der Waals surface area contributed by atoms with E-state index in [1.165, 1.54) is 32.7 Å². The maximum absolute atomic E-state index is 12.5. The molecule has 0 atom stereocenters. The van der Waals surface area contributed by atoms with E-state index in [9.17, 15) is 4.79 Å². The summed E-state index contributed by atoms with van der Waals surface area (Å²) < 4.78 is 17.5. The first-order valence-corrected chi connectivity index (χ1v) is 8.75. The van der Waals surface area contributed by atoms with E-state index in [0.717, 1.165) is 5.82 Å². The Morgan fingerprint density at radius 3 is 2.41 bits per heavy atom. The van der Waals surface area contributed by atoms with Crippen LogP contribution in [0.4, 0.5) is 16.6 Å². The van der Waals surface area contributed by atoms with Crippen LogP contribution in [0.5, 0.6) is 17.2 Å². The molecular weight excluding hydrogens is 370 g/mol. The van der Waals surface area contributed by atoms with Crippen molar-refractivity contribution >= 4 is 33.9 Å². The normalized spacial score (nSPS) is 10.4. The van der Waals surface area contributed by atoms with Crippen LogP contribution in [0.3, 0.4) is 0 Å². The number of thiazole rings is 1. The Hall–Kier alpha value is -3.27. The van der Waals surface area contributed by atoms with Gasteiger partial charge in [-0.15, -0.1) is 11.3 Å². The zero-order chi connectivity index (χ0) is 19.4. The Morgan fingerprint density at radius 1 is 1.15 bits per heavy atom. The van der Waals surface area contributed by atoms with Crippen molar-refractivity contribution in [3.05, 3.63) is 35.5 Å². The molecule has 142 valence electrons. The van der Waals surface area contributed by atoms with Gasteiger partial charge in [-0.05, 0) is 0 Å². The van der Waals surface area contributed by atoms with Crippen LogP contribution in [0.2, 0.25) is 0 Å². The lowest BCUT2D eigenvalue weighted by Gasteiger charge is -2.14. The molecule has 0 aliphatic rings. The molecule has 0 spiro atoms. The summed E-state index contributed by atoms with van der Waals surface area (Å²) in [6.07, 6.45) is 1.67. The number of hydrogen-bond donors (Lipinski definition) is 2. The molecular formula is C17H19N5O4S. The largest absolute Gasteiger partial charge is 0.493 e. The molecule has 10 heteroatoms. The number of nitrogens with zero attached hydrogens (tertiary/aromatic N) is 3. The third kappa shape index (κ3) is 3.95. The Morgan fingerprint density at radius 2 is 1.85 bits per heavy atom. The first-order chi connectivity index (χ1) is 13.0. The Balaban J connectivity index is 1.77. The third-order valence-electron chi connectivity index (χ3n) is 3.72. The van der Waals surface area contributed by atoms with Crippen molar-refractivity contribution in [2.24, 2.45) is 7.05 Å². The predicted molar refractivity (Wildman–Crippen MR) is 103 cm³/mol. The van der Waals surface area contributed by atoms with Gasteiger partial charge < -0.3 is 24.8 Å². The summed E-state index contributed by atoms with van der Waals surface area (Å²) in [5.74, 6) is 1.78. The molecule has 2 N–H and O–H groups in total. The van der Waals surface area contributed by atoms with Crippen molar-refractivity contribution in [1.29, 1.82) is 0 Å². The van der Waals surface area contributed by atoms with E-state index in [4.69, 9.17) is 14.2 Å². The Bertz CT molecular complexity index is 927. The fourth-order valence-corrected chi connectivity index (χ4v) is 3.09. The van der Waals surface area contributed by atoms with E-state index < -0.39 is 0 Å². The lowest BCUT2D eigenvalue weighted by molar-refractivity contribution is 0.102. The van der Waals surface area contributed by atoms with Crippen LogP contribution >= 0.6 is 11.3 Å². The second-order valence-electron chi connectivity index (χ2n) is 5.37. The quantitative estimate of drug-likeness (QED) is 0.641. The third-order valence-corrected chi connectivity index (χ3v) is 4.47. The Labute approximate surface area is 159 Å². The number of aryl methyl sites for hydroxylation is 1. The highest BCUT2D eigenvalue weighted by atomic mass is 32.1. The van der Waals surface area contributed by atoms with Gasteiger partial charge in [0, 0.05) is 36.3 Å². The van der Waals surface area contributed by atoms with Crippen molar-refractivity contribution in [3.63, 3.8) is 0 Å². The van der Waals surface area contributed by atoms with E-state index in [1.807, 2.05) is 13.1 Å². The van der Waals surface area contributed by atoms with Crippen LogP contribution < -0.4 is 24.8 Å². The highest BCUT2D eigenvalue weighted by Gasteiger charge is 2.17. The average Bonchev–Trinajstić information content (AvgIpc) is 3.30. The minimum Gasteiger partial charge on any atom is -0.493 e. The Kier molecular flexibility index (Phi) is 5.46. The molecule has 0 bridgehead atoms. The summed E-state index contributed by atoms with van der Waals surface area (Å²) in [5, 5.41) is 12.2. The number of rotatable bonds is 7. The van der Waals surface area contributed by atoms with Crippen LogP contribution in [-0.4, -0.2) is 42.0 Å². The summed E-state index contributed by atoms with van der Waals surface area (Å²) in [6.45, 7) is 0. The number of carbonyl (C=O) groups is 1. The molecule has 0 saturated carbocycles. The van der Waals surface area contributed by atoms with Crippen molar-refractivity contribution in [3.8, 4) is 17.2 Å². The maximum atomic E-state index is 12.5. The van der Waals surface area contributed by atoms with Crippen molar-refractivity contribution in [1.82, 2.24) is 14.8 Å². The van der Waals surface area contributed by atoms with Gasteiger partial charge in [-0.1, -0.05) is 0 Å². The molecule has 0 aliphatic carbocycles. The lowest BCUT2D eigenvalue weighted by Crippen LogP contribution is -2.13. The van der Waals surface area contributed by atoms with E-state index >= 15 is 0 Å². The SMILES string of the molecule is COc1cc(NC(=O)c2csc(Nc3ccnn3C)n2)cc(OC)c1OC. The fourth-order valence-electron chi connectivity index (χ4n) is 2.39. The van der Waals surface area contributed by atoms with Crippen LogP contribution in [-0.2, 0) is 7.05 Å². The molecule has 2 heterocycles. The van der Waals surface area contributed by atoms with Gasteiger partial charge in [0.15, 0.2) is 16.6 Å². The van der Waals surface area contributed by atoms with Crippen molar-refractivity contribution < 1.29 is 19.0 Å². The molecule has 0 radical (unpaired) electrons. The number of nitrogens with one attached hydrogen (secondary N) is 2. The van der Waals surface area contributed by atoms with E-state index in [2.05, 4.69) is 20.7 Å². The molecule has 0 aliphatic heterocycles. The van der Waals surface area contributed by atoms with Crippen molar-refractivity contribution in [2.75, 3.05) is 32.0 Å². The molecule has 27 heavy (non-hydrogen) atoms. The molecule has 1 aromatic carbocycles. The zero-order valence-corrected chi connectivity index (χ0v) is 16.1. The molecule has 9 nitrogen and oxygen atoms in total. The van der Waals surface area contributed by atoms with E-state index in [0.29, 0.717) is 33.8 Å². The monoisotopic (exact) mass is 389 g/mol. The number of methoxy groups -OCH3 is 3. The van der Waals surface area contributed by atoms with Crippen molar-refractivity contribution in [2.45, 2.75) is 0 Å². The summed E-state index contributed by atoms with van der Waals surface area (Å²) in [4.78, 5) is 16.8. The second kappa shape index (κ2) is 7.96. The predicted octanol–water partition coefficient (Wildman–Crippen LogP) is 2.90. The van der Waals surface area contributed by atoms with Crippen LogP contribution in [0.1, 0.15) is 10.5 Å². The minimum absolute atomic E-state index is 0.290. The molecule has 0 saturated heterocycles. The second-order valence-corrected chi connectivity index (χ2v) is 6.23. The number of carbonyl (C=O) groups excluding carboxylic acids is 1. The van der Waals surface area contributed by atoms with Gasteiger partial charge in [-0.25, -0.2) is 4.98 Å². The molecule has 0 unspecified atom stereocenters. The number of amides is 1. The van der Waals surface area contributed by atoms with Crippen LogP contribution in [0, 0.1) is 0 Å². The average molecular weight is 389 g/mol. The highest BCUT2D eigenvalue weighted by molar-refractivity contribution is 7.14. The van der Waals surface area contributed by atoms with Gasteiger partial charge in [0.05, 0.1) is 27.5 Å². The maximum Gasteiger partial charge on any atom is 0.275 e. The summed E-state index contributed by atoms with van der Waals surface area (Å²) in [7, 11) is 6.36. The van der Waals surface area contributed by atoms with E-state index in [1.54, 1.807) is 28.4 Å². The smallest absolute Gasteiger partial charge is 0.275 e. The summed E-state index contributed by atoms with van der Waals surface area (Å²) in [6, 6.07) is 5.12. The first kappa shape index (κ1) is 18.5. The van der Waals surface area contributed by atoms with Crippen LogP contribution in [0.15, 0.2) is 29.8 Å². The van der Waals surface area contributed by atoms with E-state index in [-0.39, 0.29) is 5.91 Å². The van der Waals surface area contributed by atoms with Gasteiger partial charge in [0.25, 0.3) is 5.91 Å². The number of benzene rings is 1. The van der Waals surface area contributed by atoms with Gasteiger partial charge >= 0.3 is 0 Å². The summed E-state index contributed by atoms with van der Waals surface area (Å²) >= 11 is 1.32. The highest BCUT2D eigenvalue weighted by Crippen LogP contribution is 2.40. The number of aromatic nitrogens is 3. The molecule has 0 fully saturated rings. The number of ether oxygens (including phenoxy) is 3. The topological polar surface area (TPSA) is 99.5 Å². The number of anilines is 3. The van der Waals surface area contributed by atoms with Gasteiger partial charge in [0.2, 0.25) is 5.75 Å². The standard InChI is InChI=1S/C17H19N5O4S/c1-22-14(5-6-18-22)21-17-20-11(9-27-17)16(23)19-10-7-12(24-2)15(26-4)13(8-10)25-3/h5-9H,1-4H3,(H,19,23)(H,20,21). The number of hydrogen-bond acceptors (Lipinski definition) is 8. The molecule has 3 rings (SSSR count). The zero-order valence-electron chi connectivity index (χ0n) is 15.3. The van der Waals surface area contributed by atoms with Gasteiger partial charge in [-0.3, -0.25) is 9.48 Å². The van der Waals surface area contributed by atoms with Gasteiger partial charge in [0.1, 0.15) is 11.5 Å². The summed E-state index contributed by atoms with van der Waals surface area (Å²) in [5.41, 5.74) is 0.794.